The normalized spacial score (nSPS) is 15.1. The SMILES string of the molecule is CCc1nccn1CCN1CCN(C(=O)c2cnn(-c3ccccc3)n2)CC1. The van der Waals surface area contributed by atoms with E-state index in [1.165, 1.54) is 4.80 Å². The molecule has 3 heterocycles. The molecule has 4 rings (SSSR count). The maximum absolute atomic E-state index is 12.8. The number of rotatable bonds is 6. The summed E-state index contributed by atoms with van der Waals surface area (Å²) in [6.45, 7) is 7.18. The van der Waals surface area contributed by atoms with Gasteiger partial charge in [0, 0.05) is 58.1 Å². The number of benzene rings is 1. The van der Waals surface area contributed by atoms with Gasteiger partial charge in [-0.25, -0.2) is 4.98 Å². The van der Waals surface area contributed by atoms with E-state index >= 15 is 0 Å². The van der Waals surface area contributed by atoms with Gasteiger partial charge in [0.1, 0.15) is 5.82 Å². The second-order valence-electron chi connectivity index (χ2n) is 6.88. The molecule has 0 spiro atoms. The van der Waals surface area contributed by atoms with E-state index in [4.69, 9.17) is 0 Å². The minimum atomic E-state index is -0.0512. The number of hydrogen-bond donors (Lipinski definition) is 0. The van der Waals surface area contributed by atoms with Gasteiger partial charge in [0.15, 0.2) is 5.69 Å². The Bertz CT molecular complexity index is 910. The average molecular weight is 379 g/mol. The van der Waals surface area contributed by atoms with E-state index in [1.807, 2.05) is 47.6 Å². The van der Waals surface area contributed by atoms with Gasteiger partial charge in [-0.2, -0.15) is 9.90 Å². The van der Waals surface area contributed by atoms with Crippen molar-refractivity contribution < 1.29 is 4.79 Å². The number of imidazole rings is 1. The van der Waals surface area contributed by atoms with Crippen molar-refractivity contribution in [2.24, 2.45) is 0 Å². The smallest absolute Gasteiger partial charge is 0.276 e. The lowest BCUT2D eigenvalue weighted by molar-refractivity contribution is 0.0627. The van der Waals surface area contributed by atoms with Crippen LogP contribution in [0.4, 0.5) is 0 Å². The van der Waals surface area contributed by atoms with Crippen LogP contribution in [0.25, 0.3) is 5.69 Å². The van der Waals surface area contributed by atoms with Crippen molar-refractivity contribution in [3.8, 4) is 5.69 Å². The summed E-state index contributed by atoms with van der Waals surface area (Å²) in [5, 5.41) is 8.58. The van der Waals surface area contributed by atoms with Crippen LogP contribution in [0.3, 0.4) is 0 Å². The van der Waals surface area contributed by atoms with E-state index in [1.54, 1.807) is 6.20 Å². The second-order valence-corrected chi connectivity index (χ2v) is 6.88. The number of carbonyl (C=O) groups is 1. The van der Waals surface area contributed by atoms with Crippen LogP contribution < -0.4 is 0 Å². The Morgan fingerprint density at radius 1 is 1.07 bits per heavy atom. The monoisotopic (exact) mass is 379 g/mol. The molecule has 1 fully saturated rings. The van der Waals surface area contributed by atoms with Crippen LogP contribution in [-0.2, 0) is 13.0 Å². The first-order chi connectivity index (χ1) is 13.7. The second kappa shape index (κ2) is 8.35. The van der Waals surface area contributed by atoms with Gasteiger partial charge in [-0.3, -0.25) is 9.69 Å². The van der Waals surface area contributed by atoms with E-state index in [0.717, 1.165) is 44.1 Å². The minimum absolute atomic E-state index is 0.0512. The molecule has 1 aliphatic rings. The van der Waals surface area contributed by atoms with Gasteiger partial charge in [0.2, 0.25) is 0 Å². The van der Waals surface area contributed by atoms with Gasteiger partial charge in [-0.05, 0) is 12.1 Å². The molecule has 8 heteroatoms. The zero-order valence-electron chi connectivity index (χ0n) is 16.1. The Morgan fingerprint density at radius 3 is 2.61 bits per heavy atom. The summed E-state index contributed by atoms with van der Waals surface area (Å²) in [5.41, 5.74) is 1.24. The number of amides is 1. The Balaban J connectivity index is 1.30. The van der Waals surface area contributed by atoms with Crippen LogP contribution in [0, 0.1) is 0 Å². The summed E-state index contributed by atoms with van der Waals surface area (Å²) in [4.78, 5) is 22.9. The predicted octanol–water partition coefficient (Wildman–Crippen LogP) is 1.48. The molecule has 146 valence electrons. The van der Waals surface area contributed by atoms with Gasteiger partial charge >= 0.3 is 0 Å². The van der Waals surface area contributed by atoms with Crippen molar-refractivity contribution in [1.82, 2.24) is 34.3 Å². The maximum Gasteiger partial charge on any atom is 0.276 e. The first kappa shape index (κ1) is 18.4. The van der Waals surface area contributed by atoms with Crippen molar-refractivity contribution in [1.29, 1.82) is 0 Å². The molecule has 0 atom stereocenters. The number of piperazine rings is 1. The summed E-state index contributed by atoms with van der Waals surface area (Å²) >= 11 is 0. The maximum atomic E-state index is 12.8. The molecule has 0 bridgehead atoms. The Hall–Kier alpha value is -3.00. The quantitative estimate of drug-likeness (QED) is 0.649. The van der Waals surface area contributed by atoms with Crippen molar-refractivity contribution in [2.75, 3.05) is 32.7 Å². The molecule has 1 aliphatic heterocycles. The van der Waals surface area contributed by atoms with E-state index in [0.29, 0.717) is 18.8 Å². The third kappa shape index (κ3) is 3.96. The molecule has 0 aliphatic carbocycles. The lowest BCUT2D eigenvalue weighted by Gasteiger charge is -2.34. The Morgan fingerprint density at radius 2 is 1.86 bits per heavy atom. The summed E-state index contributed by atoms with van der Waals surface area (Å²) < 4.78 is 2.21. The Labute approximate surface area is 164 Å². The standard InChI is InChI=1S/C20H25N7O/c1-2-19-21-8-9-25(19)13-10-24-11-14-26(15-12-24)20(28)18-16-22-27(23-18)17-6-4-3-5-7-17/h3-9,16H,2,10-15H2,1H3. The fourth-order valence-corrected chi connectivity index (χ4v) is 3.49. The summed E-state index contributed by atoms with van der Waals surface area (Å²) in [7, 11) is 0. The van der Waals surface area contributed by atoms with Crippen molar-refractivity contribution in [2.45, 2.75) is 19.9 Å². The molecule has 1 aromatic carbocycles. The zero-order valence-corrected chi connectivity index (χ0v) is 16.1. The van der Waals surface area contributed by atoms with Crippen LogP contribution in [0.2, 0.25) is 0 Å². The first-order valence-electron chi connectivity index (χ1n) is 9.74. The summed E-state index contributed by atoms with van der Waals surface area (Å²) in [6, 6.07) is 9.61. The highest BCUT2D eigenvalue weighted by Crippen LogP contribution is 2.09. The Kier molecular flexibility index (Phi) is 5.48. The van der Waals surface area contributed by atoms with Gasteiger partial charge in [0.25, 0.3) is 5.91 Å². The molecule has 2 aromatic heterocycles. The van der Waals surface area contributed by atoms with Crippen molar-refractivity contribution in [3.05, 3.63) is 60.4 Å². The predicted molar refractivity (Wildman–Crippen MR) is 105 cm³/mol. The molecule has 1 saturated heterocycles. The number of hydrogen-bond acceptors (Lipinski definition) is 5. The van der Waals surface area contributed by atoms with E-state index in [-0.39, 0.29) is 5.91 Å². The van der Waals surface area contributed by atoms with Crippen LogP contribution in [0.15, 0.2) is 48.9 Å². The number of aryl methyl sites for hydroxylation is 1. The van der Waals surface area contributed by atoms with E-state index in [2.05, 4.69) is 31.6 Å². The van der Waals surface area contributed by atoms with Crippen LogP contribution >= 0.6 is 0 Å². The highest BCUT2D eigenvalue weighted by Gasteiger charge is 2.24. The van der Waals surface area contributed by atoms with Crippen molar-refractivity contribution >= 4 is 5.91 Å². The number of nitrogens with zero attached hydrogens (tertiary/aromatic N) is 7. The average Bonchev–Trinajstić information content (AvgIpc) is 3.42. The lowest BCUT2D eigenvalue weighted by Crippen LogP contribution is -2.49. The minimum Gasteiger partial charge on any atom is -0.335 e. The molecule has 8 nitrogen and oxygen atoms in total. The summed E-state index contributed by atoms with van der Waals surface area (Å²) in [5.74, 6) is 1.07. The molecular formula is C20H25N7O. The molecule has 0 unspecified atom stereocenters. The topological polar surface area (TPSA) is 72.1 Å². The zero-order chi connectivity index (χ0) is 19.3. The molecule has 0 radical (unpaired) electrons. The molecular weight excluding hydrogens is 354 g/mol. The van der Waals surface area contributed by atoms with Gasteiger partial charge in [-0.15, -0.1) is 5.10 Å². The van der Waals surface area contributed by atoms with Crippen molar-refractivity contribution in [3.63, 3.8) is 0 Å². The van der Waals surface area contributed by atoms with Gasteiger partial charge in [0.05, 0.1) is 11.9 Å². The van der Waals surface area contributed by atoms with Gasteiger partial charge in [-0.1, -0.05) is 25.1 Å². The fraction of sp³-hybridized carbons (Fsp3) is 0.400. The van der Waals surface area contributed by atoms with Crippen LogP contribution in [0.1, 0.15) is 23.2 Å². The van der Waals surface area contributed by atoms with Crippen LogP contribution in [-0.4, -0.2) is 73.0 Å². The molecule has 0 N–H and O–H groups in total. The lowest BCUT2D eigenvalue weighted by atomic mass is 10.3. The number of carbonyl (C=O) groups excluding carboxylic acids is 1. The van der Waals surface area contributed by atoms with E-state index < -0.39 is 0 Å². The molecule has 1 amide bonds. The number of aromatic nitrogens is 5. The largest absolute Gasteiger partial charge is 0.335 e. The molecule has 28 heavy (non-hydrogen) atoms. The highest BCUT2D eigenvalue weighted by molar-refractivity contribution is 5.92. The highest BCUT2D eigenvalue weighted by atomic mass is 16.2. The van der Waals surface area contributed by atoms with Gasteiger partial charge < -0.3 is 9.47 Å². The molecule has 0 saturated carbocycles. The third-order valence-electron chi connectivity index (χ3n) is 5.13. The third-order valence-corrected chi connectivity index (χ3v) is 5.13. The van der Waals surface area contributed by atoms with E-state index in [9.17, 15) is 4.79 Å². The summed E-state index contributed by atoms with van der Waals surface area (Å²) in [6.07, 6.45) is 6.39. The number of para-hydroxylation sites is 1. The fourth-order valence-electron chi connectivity index (χ4n) is 3.49. The molecule has 3 aromatic rings. The first-order valence-corrected chi connectivity index (χ1v) is 9.74. The van der Waals surface area contributed by atoms with Crippen LogP contribution in [0.5, 0.6) is 0 Å².